The largest absolute Gasteiger partial charge is 0.493 e. The summed E-state index contributed by atoms with van der Waals surface area (Å²) in [5.41, 5.74) is 5.15. The topological polar surface area (TPSA) is 96.2 Å². The average molecular weight is 501 g/mol. The zero-order valence-electron chi connectivity index (χ0n) is 20.3. The maximum absolute atomic E-state index is 11.8. The Morgan fingerprint density at radius 3 is 2.08 bits per heavy atom. The van der Waals surface area contributed by atoms with Gasteiger partial charge >= 0.3 is 0 Å². The number of hydrogen-bond donors (Lipinski definition) is 0. The van der Waals surface area contributed by atoms with Crippen LogP contribution >= 0.6 is 0 Å². The Balaban J connectivity index is 1.64. The number of fused-ring (bicyclic) bond motifs is 1. The van der Waals surface area contributed by atoms with Crippen LogP contribution in [0.25, 0.3) is 39.2 Å². The second-order valence-electron chi connectivity index (χ2n) is 8.43. The van der Waals surface area contributed by atoms with Crippen LogP contribution < -0.4 is 9.47 Å². The summed E-state index contributed by atoms with van der Waals surface area (Å²) in [6.45, 7) is 2.04. The van der Waals surface area contributed by atoms with Crippen molar-refractivity contribution in [2.45, 2.75) is 11.8 Å². The molecule has 0 atom stereocenters. The van der Waals surface area contributed by atoms with E-state index < -0.39 is 9.84 Å². The van der Waals surface area contributed by atoms with Crippen LogP contribution in [0.1, 0.15) is 5.56 Å². The van der Waals surface area contributed by atoms with Crippen molar-refractivity contribution in [2.75, 3.05) is 20.5 Å². The van der Waals surface area contributed by atoms with Crippen LogP contribution in [0, 0.1) is 6.92 Å². The first-order chi connectivity index (χ1) is 17.3. The summed E-state index contributed by atoms with van der Waals surface area (Å²) < 4.78 is 36.2. The van der Waals surface area contributed by atoms with E-state index in [1.165, 1.54) is 6.26 Å². The maximum atomic E-state index is 11.8. The molecule has 0 unspecified atom stereocenters. The molecule has 5 aromatic rings. The molecular formula is C27H24N4O4S. The van der Waals surface area contributed by atoms with Crippen molar-refractivity contribution in [3.63, 3.8) is 0 Å². The summed E-state index contributed by atoms with van der Waals surface area (Å²) in [4.78, 5) is 9.90. The number of benzene rings is 3. The Kier molecular flexibility index (Phi) is 5.93. The standard InChI is InChI=1S/C27H24N4O4S/c1-17-5-7-19(8-6-17)26-22-13-24(34-2)25(35-3)14-23(22)29-27(30-26)31-16-20(15-28-31)18-9-11-21(12-10-18)36(4,32)33/h5-16H,1-4H3. The molecule has 0 saturated carbocycles. The Hall–Kier alpha value is -4.24. The highest BCUT2D eigenvalue weighted by atomic mass is 32.2. The van der Waals surface area contributed by atoms with Gasteiger partial charge in [0.2, 0.25) is 0 Å². The van der Waals surface area contributed by atoms with Crippen molar-refractivity contribution in [3.05, 3.63) is 78.6 Å². The monoisotopic (exact) mass is 500 g/mol. The summed E-state index contributed by atoms with van der Waals surface area (Å²) in [5.74, 6) is 1.55. The van der Waals surface area contributed by atoms with Crippen molar-refractivity contribution >= 4 is 20.7 Å². The normalized spacial score (nSPS) is 11.6. The van der Waals surface area contributed by atoms with Gasteiger partial charge in [0.05, 0.1) is 36.5 Å². The third kappa shape index (κ3) is 4.40. The average Bonchev–Trinajstić information content (AvgIpc) is 3.38. The van der Waals surface area contributed by atoms with Gasteiger partial charge in [-0.05, 0) is 30.7 Å². The molecule has 3 aromatic carbocycles. The van der Waals surface area contributed by atoms with E-state index in [1.807, 2.05) is 49.5 Å². The van der Waals surface area contributed by atoms with Gasteiger partial charge in [-0.25, -0.2) is 23.1 Å². The van der Waals surface area contributed by atoms with Gasteiger partial charge in [0, 0.05) is 35.0 Å². The SMILES string of the molecule is COc1cc2nc(-n3cc(-c4ccc(S(C)(=O)=O)cc4)cn3)nc(-c3ccc(C)cc3)c2cc1OC. The molecule has 0 radical (unpaired) electrons. The van der Waals surface area contributed by atoms with E-state index in [9.17, 15) is 8.42 Å². The predicted octanol–water partition coefficient (Wildman–Crippen LogP) is 4.88. The number of hydrogen-bond acceptors (Lipinski definition) is 7. The van der Waals surface area contributed by atoms with Gasteiger partial charge in [-0.1, -0.05) is 42.0 Å². The fraction of sp³-hybridized carbons (Fsp3) is 0.148. The zero-order valence-corrected chi connectivity index (χ0v) is 21.1. The molecule has 2 heterocycles. The Labute approximate surface area is 209 Å². The third-order valence-electron chi connectivity index (χ3n) is 5.92. The number of ether oxygens (including phenoxy) is 2. The lowest BCUT2D eigenvalue weighted by Crippen LogP contribution is -2.04. The quantitative estimate of drug-likeness (QED) is 0.328. The van der Waals surface area contributed by atoms with Crippen molar-refractivity contribution < 1.29 is 17.9 Å². The van der Waals surface area contributed by atoms with Crippen LogP contribution in [0.2, 0.25) is 0 Å². The molecule has 0 aliphatic carbocycles. The lowest BCUT2D eigenvalue weighted by Gasteiger charge is -2.13. The lowest BCUT2D eigenvalue weighted by molar-refractivity contribution is 0.356. The molecule has 9 heteroatoms. The summed E-state index contributed by atoms with van der Waals surface area (Å²) in [7, 11) is -0.0849. The van der Waals surface area contributed by atoms with Crippen molar-refractivity contribution in [2.24, 2.45) is 0 Å². The number of sulfone groups is 1. The molecule has 0 spiro atoms. The molecule has 0 bridgehead atoms. The Bertz CT molecular complexity index is 1680. The number of methoxy groups -OCH3 is 2. The van der Waals surface area contributed by atoms with Gasteiger partial charge in [0.15, 0.2) is 21.3 Å². The smallest absolute Gasteiger partial charge is 0.251 e. The molecule has 36 heavy (non-hydrogen) atoms. The predicted molar refractivity (Wildman–Crippen MR) is 138 cm³/mol. The zero-order chi connectivity index (χ0) is 25.4. The number of aryl methyl sites for hydroxylation is 1. The molecule has 0 aliphatic rings. The number of aromatic nitrogens is 4. The van der Waals surface area contributed by atoms with Crippen LogP contribution in [0.5, 0.6) is 11.5 Å². The highest BCUT2D eigenvalue weighted by Gasteiger charge is 2.16. The van der Waals surface area contributed by atoms with Gasteiger partial charge in [-0.2, -0.15) is 5.10 Å². The van der Waals surface area contributed by atoms with E-state index in [-0.39, 0.29) is 4.90 Å². The van der Waals surface area contributed by atoms with E-state index in [2.05, 4.69) is 5.10 Å². The maximum Gasteiger partial charge on any atom is 0.251 e. The first-order valence-corrected chi connectivity index (χ1v) is 13.0. The molecule has 8 nitrogen and oxygen atoms in total. The van der Waals surface area contributed by atoms with E-state index in [0.29, 0.717) is 23.0 Å². The van der Waals surface area contributed by atoms with Crippen molar-refractivity contribution in [3.8, 4) is 39.8 Å². The highest BCUT2D eigenvalue weighted by Crippen LogP contribution is 2.36. The second-order valence-corrected chi connectivity index (χ2v) is 10.4. The highest BCUT2D eigenvalue weighted by molar-refractivity contribution is 7.90. The van der Waals surface area contributed by atoms with Gasteiger partial charge in [0.25, 0.3) is 5.95 Å². The minimum absolute atomic E-state index is 0.267. The number of rotatable bonds is 6. The molecule has 0 N–H and O–H groups in total. The fourth-order valence-electron chi connectivity index (χ4n) is 3.95. The van der Waals surface area contributed by atoms with E-state index in [4.69, 9.17) is 19.4 Å². The molecule has 182 valence electrons. The van der Waals surface area contributed by atoms with Gasteiger partial charge in [-0.3, -0.25) is 0 Å². The van der Waals surface area contributed by atoms with Gasteiger partial charge < -0.3 is 9.47 Å². The molecular weight excluding hydrogens is 476 g/mol. The van der Waals surface area contributed by atoms with Crippen LogP contribution in [0.15, 0.2) is 78.0 Å². The van der Waals surface area contributed by atoms with E-state index >= 15 is 0 Å². The lowest BCUT2D eigenvalue weighted by atomic mass is 10.0. The third-order valence-corrected chi connectivity index (χ3v) is 7.05. The van der Waals surface area contributed by atoms with Crippen molar-refractivity contribution in [1.29, 1.82) is 0 Å². The Morgan fingerprint density at radius 2 is 1.44 bits per heavy atom. The van der Waals surface area contributed by atoms with E-state index in [0.717, 1.165) is 33.3 Å². The molecule has 0 amide bonds. The first-order valence-electron chi connectivity index (χ1n) is 11.1. The second kappa shape index (κ2) is 9.09. The first kappa shape index (κ1) is 23.5. The summed E-state index contributed by atoms with van der Waals surface area (Å²) in [5, 5.41) is 5.31. The summed E-state index contributed by atoms with van der Waals surface area (Å²) >= 11 is 0. The van der Waals surface area contributed by atoms with Gasteiger partial charge in [0.1, 0.15) is 0 Å². The molecule has 0 aliphatic heterocycles. The van der Waals surface area contributed by atoms with Crippen LogP contribution in [-0.4, -0.2) is 48.6 Å². The minimum atomic E-state index is -3.27. The van der Waals surface area contributed by atoms with Crippen LogP contribution in [-0.2, 0) is 9.84 Å². The summed E-state index contributed by atoms with van der Waals surface area (Å²) in [6.07, 6.45) is 4.70. The van der Waals surface area contributed by atoms with Crippen LogP contribution in [0.4, 0.5) is 0 Å². The molecule has 0 fully saturated rings. The fourth-order valence-corrected chi connectivity index (χ4v) is 4.58. The number of nitrogens with zero attached hydrogens (tertiary/aromatic N) is 4. The Morgan fingerprint density at radius 1 is 0.806 bits per heavy atom. The summed E-state index contributed by atoms with van der Waals surface area (Å²) in [6, 6.07) is 18.5. The van der Waals surface area contributed by atoms with Crippen LogP contribution in [0.3, 0.4) is 0 Å². The molecule has 5 rings (SSSR count). The van der Waals surface area contributed by atoms with E-state index in [1.54, 1.807) is 49.4 Å². The van der Waals surface area contributed by atoms with Crippen molar-refractivity contribution in [1.82, 2.24) is 19.7 Å². The molecule has 0 saturated heterocycles. The minimum Gasteiger partial charge on any atom is -0.493 e. The van der Waals surface area contributed by atoms with Gasteiger partial charge in [-0.15, -0.1) is 0 Å². The molecule has 2 aromatic heterocycles.